The molecule has 2 aromatic carbocycles. The minimum absolute atomic E-state index is 0.00147. The molecule has 1 aromatic heterocycles. The van der Waals surface area contributed by atoms with E-state index >= 15 is 24.0 Å². The Bertz CT molecular complexity index is 4910. The van der Waals surface area contributed by atoms with E-state index in [2.05, 4.69) is 85.4 Å². The number of aliphatic carboxylic acids is 2. The average molecular weight is 1970 g/mol. The number of hydrogen-bond acceptors (Lipinski definition) is 32. The predicted octanol–water partition coefficient (Wildman–Crippen LogP) is 3.21. The van der Waals surface area contributed by atoms with Crippen LogP contribution in [0.4, 0.5) is 0 Å². The van der Waals surface area contributed by atoms with E-state index in [1.807, 2.05) is 54.6 Å². The molecule has 18 atom stereocenters. The molecule has 2 saturated heterocycles. The number of ether oxygens (including phenoxy) is 1. The number of hydrazine groups is 3. The number of nitrogens with one attached hydrogen (secondary N) is 16. The van der Waals surface area contributed by atoms with Crippen molar-refractivity contribution in [2.24, 2.45) is 29.2 Å². The zero-order valence-corrected chi connectivity index (χ0v) is 83.2. The van der Waals surface area contributed by atoms with E-state index in [4.69, 9.17) is 16.2 Å². The summed E-state index contributed by atoms with van der Waals surface area (Å²) >= 11 is 0. The second-order valence-corrected chi connectivity index (χ2v) is 39.0. The predicted molar refractivity (Wildman–Crippen MR) is 528 cm³/mol. The molecule has 141 heavy (non-hydrogen) atoms. The van der Waals surface area contributed by atoms with Gasteiger partial charge in [-0.05, 0) is 194 Å². The first-order valence-corrected chi connectivity index (χ1v) is 50.1. The highest BCUT2D eigenvalue weighted by atomic mass is 16.5. The fourth-order valence-electron chi connectivity index (χ4n) is 18.2. The molecular formula is C102H152N18O21. The number of allylic oxidation sites excluding steroid dienone is 4. The summed E-state index contributed by atoms with van der Waals surface area (Å²) in [6.07, 6.45) is 12.3. The molecular weight excluding hydrogens is 1810 g/mol. The van der Waals surface area contributed by atoms with E-state index in [0.717, 1.165) is 24.8 Å². The first-order valence-electron chi connectivity index (χ1n) is 50.1. The summed E-state index contributed by atoms with van der Waals surface area (Å²) in [4.78, 5) is 254. The summed E-state index contributed by atoms with van der Waals surface area (Å²) in [5, 5.41) is 49.0. The molecule has 4 bridgehead atoms. The number of benzene rings is 2. The number of rotatable bonds is 47. The second kappa shape index (κ2) is 58.3. The largest absolute Gasteiger partial charge is 0.481 e. The Balaban J connectivity index is 0.998. The van der Waals surface area contributed by atoms with Crippen molar-refractivity contribution in [2.75, 3.05) is 46.0 Å². The molecule has 39 heteroatoms. The van der Waals surface area contributed by atoms with Crippen LogP contribution in [0.5, 0.6) is 0 Å². The van der Waals surface area contributed by atoms with Gasteiger partial charge in [0.15, 0.2) is 46.3 Å². The third-order valence-electron chi connectivity index (χ3n) is 28.1. The number of amides is 4. The summed E-state index contributed by atoms with van der Waals surface area (Å²) in [5.74, 6) is -12.5. The van der Waals surface area contributed by atoms with Crippen molar-refractivity contribution in [2.45, 2.75) is 344 Å². The molecule has 1 saturated carbocycles. The third-order valence-corrected chi connectivity index (χ3v) is 28.1. The van der Waals surface area contributed by atoms with Gasteiger partial charge in [0, 0.05) is 107 Å². The fraction of sp³-hybridized carbons (Fsp3) is 0.627. The number of Topliss-reactive ketones (excluding diaryl/α,β-unsaturated/α-hetero) is 12. The highest BCUT2D eigenvalue weighted by Gasteiger charge is 2.46. The number of carboxylic acid groups (broad SMARTS) is 2. The maximum absolute atomic E-state index is 15.7. The Labute approximate surface area is 825 Å². The SMILES string of the molecule is C[C@H](NCCC(=O)[C@H](C)NCCC(=O)[C@H](C)NCC(=O)[C@]1(C)CCC/C=C/CCCCC2C(C(=O)O)=CC=C3C[C@H](NN[C@@H](CCC(=O)O)C(=O)C(=O)[C@](C)(NN[C@@H](Cc4ccccc4)C(=O)C4CCCO4)CCCC32)C(=O)N[C@@H](Cc2c[nH]c3ccccc23)C(=O)CC(=O)[C@H](C)NCC(=O)[C@H](CCC(N)=O)NN[C@@H](CC2CCC2)C(=O)N1)C(=O)CCN[C@@H](C)C(=O)CCC(=O)[C@H](C)NCN[C@H](C)C(N)=O. The van der Waals surface area contributed by atoms with Gasteiger partial charge in [0.1, 0.15) is 29.8 Å². The van der Waals surface area contributed by atoms with E-state index < -0.39 is 204 Å². The normalized spacial score (nSPS) is 25.3. The van der Waals surface area contributed by atoms with Crippen molar-refractivity contribution in [1.29, 1.82) is 0 Å². The van der Waals surface area contributed by atoms with Gasteiger partial charge in [-0.1, -0.05) is 111 Å². The van der Waals surface area contributed by atoms with Crippen LogP contribution in [0.25, 0.3) is 10.9 Å². The van der Waals surface area contributed by atoms with Crippen LogP contribution in [0.1, 0.15) is 247 Å². The third kappa shape index (κ3) is 37.3. The molecule has 2 aliphatic carbocycles. The number of fused-ring (bicyclic) bond motifs is 2. The van der Waals surface area contributed by atoms with Crippen molar-refractivity contribution in [3.05, 3.63) is 107 Å². The van der Waals surface area contributed by atoms with Crippen molar-refractivity contribution in [1.82, 2.24) is 85.4 Å². The van der Waals surface area contributed by atoms with Gasteiger partial charge in [0.2, 0.25) is 35.2 Å². The minimum atomic E-state index is -1.84. The first-order chi connectivity index (χ1) is 67.1. The van der Waals surface area contributed by atoms with Crippen molar-refractivity contribution in [3.8, 4) is 0 Å². The van der Waals surface area contributed by atoms with Crippen LogP contribution in [0.3, 0.4) is 0 Å². The topological polar surface area (TPSA) is 605 Å². The van der Waals surface area contributed by atoms with Gasteiger partial charge >= 0.3 is 11.9 Å². The fourth-order valence-corrected chi connectivity index (χ4v) is 18.2. The van der Waals surface area contributed by atoms with Crippen LogP contribution in [-0.2, 0) is 104 Å². The summed E-state index contributed by atoms with van der Waals surface area (Å²) in [7, 11) is 0. The molecule has 3 fully saturated rings. The molecule has 0 spiro atoms. The lowest BCUT2D eigenvalue weighted by Crippen LogP contribution is -2.64. The number of ketones is 12. The number of H-pyrrole nitrogens is 1. The molecule has 4 amide bonds. The molecule has 5 aliphatic rings. The summed E-state index contributed by atoms with van der Waals surface area (Å²) in [5.41, 5.74) is 28.3. The molecule has 3 aliphatic heterocycles. The first kappa shape index (κ1) is 116. The zero-order valence-electron chi connectivity index (χ0n) is 83.2. The van der Waals surface area contributed by atoms with Crippen LogP contribution >= 0.6 is 0 Å². The van der Waals surface area contributed by atoms with Gasteiger partial charge in [-0.25, -0.2) is 37.3 Å². The summed E-state index contributed by atoms with van der Waals surface area (Å²) < 4.78 is 5.87. The van der Waals surface area contributed by atoms with Crippen molar-refractivity contribution < 1.29 is 101 Å². The van der Waals surface area contributed by atoms with E-state index in [1.54, 1.807) is 72.9 Å². The standard InChI is InChI=1S/C102H152N18O21/c1-60(82(121)38-39-83(122)64(5)111-59-112-66(7)97(104)136)105-47-42-84(123)61(2)106-48-43-85(124)62(3)107-49-44-86(125)63(4)109-58-91(129)101(8)45-21-14-12-10-11-13-18-30-73-71-31-23-46-102(9,120-119-79(51-67-25-16-15-17-26-67)94(133)90-33-24-50-141-90)96(135)95(134)77(37-41-93(131)132)116-118-81(53-69(71)34-35-74(73)100(139)140)98(137)113-78(54-70-56-110-75-32-20-19-29-72(70)75)88(127)55-87(126)65(6)108-57-89(128)76(36-40-92(103)130)115-117-80(99(138)114-101)52-68-27-22-28-68/h10,12,15-17,19-20,25-26,29,32,34-35,56,60-66,68,71,73,76-81,90,105-112,115-120H,11,13-14,18,21-24,27-28,30-31,33,36-55,57-59H2,1-9H3,(H2,103,130)(H2,104,136)(H,113,137)(H,114,138)(H,131,132)(H,139,140)/b12-10+/t60-,61-,62-,63-,64-,65-,66+,71?,73?,76-,77-,78-,79-,80-,81-,90?,101-,102+/m0/s1. The number of primary amides is 2. The van der Waals surface area contributed by atoms with E-state index in [0.29, 0.717) is 80.0 Å². The van der Waals surface area contributed by atoms with Crippen LogP contribution in [0, 0.1) is 17.8 Å². The quantitative estimate of drug-likeness (QED) is 0.0127. The summed E-state index contributed by atoms with van der Waals surface area (Å²) in [6, 6.07) is 3.36. The number of carbonyl (C=O) groups is 18. The van der Waals surface area contributed by atoms with Gasteiger partial charge in [0.05, 0.1) is 97.0 Å². The van der Waals surface area contributed by atoms with Gasteiger partial charge in [-0.15, -0.1) is 0 Å². The van der Waals surface area contributed by atoms with Gasteiger partial charge in [-0.2, -0.15) is 0 Å². The number of aromatic nitrogens is 1. The van der Waals surface area contributed by atoms with Crippen molar-refractivity contribution in [3.63, 3.8) is 0 Å². The summed E-state index contributed by atoms with van der Waals surface area (Å²) in [6.45, 7) is 14.5. The number of hydrogen-bond donors (Lipinski definition) is 20. The van der Waals surface area contributed by atoms with Crippen LogP contribution in [0.15, 0.2) is 96.2 Å². The molecule has 0 radical (unpaired) electrons. The van der Waals surface area contributed by atoms with E-state index in [1.165, 1.54) is 19.9 Å². The monoisotopic (exact) mass is 1970 g/mol. The average Bonchev–Trinajstić information content (AvgIpc) is 1.58. The smallest absolute Gasteiger partial charge is 0.331 e. The number of aromatic amines is 1. The minimum Gasteiger partial charge on any atom is -0.481 e. The van der Waals surface area contributed by atoms with Crippen LogP contribution < -0.4 is 91.9 Å². The Kier molecular flexibility index (Phi) is 47.9. The Morgan fingerprint density at radius 1 is 0.560 bits per heavy atom. The van der Waals surface area contributed by atoms with E-state index in [-0.39, 0.29) is 175 Å². The maximum atomic E-state index is 15.7. The van der Waals surface area contributed by atoms with Crippen molar-refractivity contribution >= 4 is 116 Å². The molecule has 3 aromatic rings. The number of carbonyl (C=O) groups excluding carboxylic acids is 16. The van der Waals surface area contributed by atoms with Gasteiger partial charge in [0.25, 0.3) is 0 Å². The highest BCUT2D eigenvalue weighted by molar-refractivity contribution is 6.42. The maximum Gasteiger partial charge on any atom is 0.331 e. The lowest BCUT2D eigenvalue weighted by Gasteiger charge is -2.36. The van der Waals surface area contributed by atoms with Gasteiger partial charge in [-0.3, -0.25) is 92.1 Å². The molecule has 8 rings (SSSR count). The molecule has 776 valence electrons. The Morgan fingerprint density at radius 3 is 1.76 bits per heavy atom. The van der Waals surface area contributed by atoms with Gasteiger partial charge < -0.3 is 68.6 Å². The Hall–Kier alpha value is -10.5. The molecule has 39 nitrogen and oxygen atoms in total. The second-order valence-electron chi connectivity index (χ2n) is 39.0. The molecule has 3 unspecified atom stereocenters. The highest BCUT2D eigenvalue weighted by Crippen LogP contribution is 2.42. The number of carboxylic acids is 2. The number of para-hydroxylation sites is 1. The lowest BCUT2D eigenvalue weighted by atomic mass is 9.70. The number of nitrogens with two attached hydrogens (primary N) is 2. The Morgan fingerprint density at radius 2 is 1.15 bits per heavy atom. The zero-order chi connectivity index (χ0) is 103. The van der Waals surface area contributed by atoms with Crippen LogP contribution in [0.2, 0.25) is 0 Å². The van der Waals surface area contributed by atoms with Crippen LogP contribution in [-0.4, -0.2) is 262 Å². The molecule has 22 N–H and O–H groups in total. The van der Waals surface area contributed by atoms with E-state index in [9.17, 15) is 72.5 Å². The lowest BCUT2D eigenvalue weighted by molar-refractivity contribution is -0.143. The molecule has 4 heterocycles.